The molecule has 1 aromatic heterocycles. The largest absolute Gasteiger partial charge is 0.262 e. The average molecular weight is 240 g/mol. The van der Waals surface area contributed by atoms with Crippen molar-refractivity contribution in [2.24, 2.45) is 0 Å². The van der Waals surface area contributed by atoms with Gasteiger partial charge in [0.25, 0.3) is 0 Å². The lowest BCUT2D eigenvalue weighted by atomic mass is 10.2. The number of nitriles is 1. The van der Waals surface area contributed by atoms with Gasteiger partial charge in [-0.3, -0.25) is 4.98 Å². The molecule has 0 saturated carbocycles. The summed E-state index contributed by atoms with van der Waals surface area (Å²) in [6.07, 6.45) is 2.89. The number of hydrogen-bond donors (Lipinski definition) is 0. The molecule has 2 nitrogen and oxygen atoms in total. The molecule has 0 amide bonds. The molecule has 4 heteroatoms. The zero-order chi connectivity index (χ0) is 13.0. The Bertz CT molecular complexity index is 671. The third-order valence-corrected chi connectivity index (χ3v) is 2.08. The van der Waals surface area contributed by atoms with Crippen LogP contribution in [0.3, 0.4) is 0 Å². The van der Waals surface area contributed by atoms with Crippen LogP contribution in [0.1, 0.15) is 16.7 Å². The lowest BCUT2D eigenvalue weighted by Crippen LogP contribution is -1.84. The molecule has 0 aliphatic rings. The lowest BCUT2D eigenvalue weighted by Gasteiger charge is -1.93. The highest BCUT2D eigenvalue weighted by molar-refractivity contribution is 5.44. The molecule has 18 heavy (non-hydrogen) atoms. The van der Waals surface area contributed by atoms with Crippen LogP contribution in [0.4, 0.5) is 8.78 Å². The summed E-state index contributed by atoms with van der Waals surface area (Å²) in [5, 5.41) is 8.68. The SMILES string of the molecule is N#Cc1cncc(C#Cc2cc(F)cc(F)c2)c1. The molecule has 86 valence electrons. The summed E-state index contributed by atoms with van der Waals surface area (Å²) in [5.74, 6) is 3.95. The smallest absolute Gasteiger partial charge is 0.127 e. The van der Waals surface area contributed by atoms with Gasteiger partial charge in [0.2, 0.25) is 0 Å². The van der Waals surface area contributed by atoms with E-state index in [1.807, 2.05) is 6.07 Å². The number of aromatic nitrogens is 1. The quantitative estimate of drug-likeness (QED) is 0.664. The van der Waals surface area contributed by atoms with Gasteiger partial charge in [0.15, 0.2) is 0 Å². The van der Waals surface area contributed by atoms with Crippen LogP contribution < -0.4 is 0 Å². The lowest BCUT2D eigenvalue weighted by molar-refractivity contribution is 0.582. The predicted molar refractivity (Wildman–Crippen MR) is 61.3 cm³/mol. The van der Waals surface area contributed by atoms with Crippen LogP contribution in [0.25, 0.3) is 0 Å². The molecule has 0 spiro atoms. The number of rotatable bonds is 0. The zero-order valence-electron chi connectivity index (χ0n) is 9.11. The van der Waals surface area contributed by atoms with Crippen LogP contribution in [-0.2, 0) is 0 Å². The molecule has 0 aliphatic carbocycles. The molecule has 1 aromatic carbocycles. The number of hydrogen-bond acceptors (Lipinski definition) is 2. The van der Waals surface area contributed by atoms with Gasteiger partial charge in [-0.05, 0) is 18.2 Å². The van der Waals surface area contributed by atoms with Crippen molar-refractivity contribution in [3.63, 3.8) is 0 Å². The minimum absolute atomic E-state index is 0.231. The van der Waals surface area contributed by atoms with Crippen LogP contribution in [0.15, 0.2) is 36.7 Å². The second-order valence-electron chi connectivity index (χ2n) is 3.48. The van der Waals surface area contributed by atoms with E-state index < -0.39 is 11.6 Å². The summed E-state index contributed by atoms with van der Waals surface area (Å²) in [7, 11) is 0. The minimum atomic E-state index is -0.678. The van der Waals surface area contributed by atoms with Gasteiger partial charge in [-0.25, -0.2) is 8.78 Å². The second-order valence-corrected chi connectivity index (χ2v) is 3.48. The van der Waals surface area contributed by atoms with Gasteiger partial charge in [0.05, 0.1) is 5.56 Å². The number of halogens is 2. The summed E-state index contributed by atoms with van der Waals surface area (Å²) >= 11 is 0. The highest BCUT2D eigenvalue weighted by Crippen LogP contribution is 2.07. The van der Waals surface area contributed by atoms with Gasteiger partial charge >= 0.3 is 0 Å². The molecule has 2 aromatic rings. The molecule has 0 saturated heterocycles. The number of nitrogens with zero attached hydrogens (tertiary/aromatic N) is 2. The molecular formula is C14H6F2N2. The third kappa shape index (κ3) is 2.90. The second kappa shape index (κ2) is 5.07. The van der Waals surface area contributed by atoms with E-state index in [-0.39, 0.29) is 5.56 Å². The Kier molecular flexibility index (Phi) is 3.31. The van der Waals surface area contributed by atoms with Crippen molar-refractivity contribution in [2.75, 3.05) is 0 Å². The number of pyridine rings is 1. The molecule has 0 aliphatic heterocycles. The predicted octanol–water partition coefficient (Wildman–Crippen LogP) is 2.63. The summed E-state index contributed by atoms with van der Waals surface area (Å²) < 4.78 is 25.8. The van der Waals surface area contributed by atoms with Crippen LogP contribution in [0, 0.1) is 34.8 Å². The maximum atomic E-state index is 12.9. The van der Waals surface area contributed by atoms with Crippen molar-refractivity contribution in [3.05, 3.63) is 65.0 Å². The van der Waals surface area contributed by atoms with Gasteiger partial charge < -0.3 is 0 Å². The van der Waals surface area contributed by atoms with Gasteiger partial charge in [0, 0.05) is 29.6 Å². The fourth-order valence-electron chi connectivity index (χ4n) is 1.34. The topological polar surface area (TPSA) is 36.7 Å². The maximum absolute atomic E-state index is 12.9. The molecule has 2 rings (SSSR count). The summed E-state index contributed by atoms with van der Waals surface area (Å²) in [4.78, 5) is 3.83. The van der Waals surface area contributed by atoms with E-state index in [0.717, 1.165) is 18.2 Å². The van der Waals surface area contributed by atoms with Gasteiger partial charge in [-0.15, -0.1) is 0 Å². The zero-order valence-corrected chi connectivity index (χ0v) is 9.11. The number of benzene rings is 1. The maximum Gasteiger partial charge on any atom is 0.127 e. The standard InChI is InChI=1S/C14H6F2N2/c15-13-4-10(5-14(16)6-13)1-2-11-3-12(7-17)9-18-8-11/h3-6,8-9H. The van der Waals surface area contributed by atoms with E-state index in [1.165, 1.54) is 12.4 Å². The van der Waals surface area contributed by atoms with Crippen molar-refractivity contribution >= 4 is 0 Å². The molecule has 0 fully saturated rings. The Labute approximate surface area is 103 Å². The van der Waals surface area contributed by atoms with Gasteiger partial charge in [-0.1, -0.05) is 11.8 Å². The summed E-state index contributed by atoms with van der Waals surface area (Å²) in [6.45, 7) is 0. The first-order chi connectivity index (χ1) is 8.67. The molecule has 0 unspecified atom stereocenters. The molecule has 0 N–H and O–H groups in total. The van der Waals surface area contributed by atoms with E-state index in [1.54, 1.807) is 6.07 Å². The van der Waals surface area contributed by atoms with Gasteiger partial charge in [0.1, 0.15) is 17.7 Å². The van der Waals surface area contributed by atoms with Crippen molar-refractivity contribution in [1.82, 2.24) is 4.98 Å². The monoisotopic (exact) mass is 240 g/mol. The Balaban J connectivity index is 2.34. The first-order valence-corrected chi connectivity index (χ1v) is 5.00. The molecule has 0 bridgehead atoms. The molecule has 0 radical (unpaired) electrons. The van der Waals surface area contributed by atoms with Crippen LogP contribution in [-0.4, -0.2) is 4.98 Å². The van der Waals surface area contributed by atoms with Crippen LogP contribution in [0.5, 0.6) is 0 Å². The molecular weight excluding hydrogens is 234 g/mol. The first-order valence-electron chi connectivity index (χ1n) is 5.00. The normalized spacial score (nSPS) is 9.17. The van der Waals surface area contributed by atoms with E-state index in [4.69, 9.17) is 5.26 Å². The van der Waals surface area contributed by atoms with Crippen LogP contribution >= 0.6 is 0 Å². The van der Waals surface area contributed by atoms with E-state index in [0.29, 0.717) is 11.1 Å². The van der Waals surface area contributed by atoms with Crippen molar-refractivity contribution in [2.45, 2.75) is 0 Å². The van der Waals surface area contributed by atoms with Crippen LogP contribution in [0.2, 0.25) is 0 Å². The van der Waals surface area contributed by atoms with E-state index in [2.05, 4.69) is 16.8 Å². The highest BCUT2D eigenvalue weighted by atomic mass is 19.1. The first kappa shape index (κ1) is 11.8. The highest BCUT2D eigenvalue weighted by Gasteiger charge is 1.97. The summed E-state index contributed by atoms with van der Waals surface area (Å²) in [5.41, 5.74) is 1.13. The van der Waals surface area contributed by atoms with E-state index in [9.17, 15) is 8.78 Å². The molecule has 0 atom stereocenters. The Morgan fingerprint density at radius 3 is 2.11 bits per heavy atom. The fraction of sp³-hybridized carbons (Fsp3) is 0. The molecule has 1 heterocycles. The Morgan fingerprint density at radius 2 is 1.44 bits per heavy atom. The Hall–Kier alpha value is -2.72. The van der Waals surface area contributed by atoms with E-state index >= 15 is 0 Å². The Morgan fingerprint density at radius 1 is 0.833 bits per heavy atom. The average Bonchev–Trinajstić information content (AvgIpc) is 2.35. The minimum Gasteiger partial charge on any atom is -0.262 e. The third-order valence-electron chi connectivity index (χ3n) is 2.08. The van der Waals surface area contributed by atoms with Crippen molar-refractivity contribution < 1.29 is 8.78 Å². The van der Waals surface area contributed by atoms with Crippen molar-refractivity contribution in [1.29, 1.82) is 5.26 Å². The van der Waals surface area contributed by atoms with Gasteiger partial charge in [-0.2, -0.15) is 5.26 Å². The fourth-order valence-corrected chi connectivity index (χ4v) is 1.34. The summed E-state index contributed by atoms with van der Waals surface area (Å²) in [6, 6.07) is 6.54. The van der Waals surface area contributed by atoms with Crippen molar-refractivity contribution in [3.8, 4) is 17.9 Å².